The van der Waals surface area contributed by atoms with Gasteiger partial charge in [0.2, 0.25) is 18.1 Å². The zero-order valence-electron chi connectivity index (χ0n) is 19.4. The highest BCUT2D eigenvalue weighted by atomic mass is 35.5. The summed E-state index contributed by atoms with van der Waals surface area (Å²) >= 11 is 11.5. The lowest BCUT2D eigenvalue weighted by molar-refractivity contribution is -0.128. The maximum atomic E-state index is 14.9. The number of hydrogen-bond donors (Lipinski definition) is 2. The predicted octanol–water partition coefficient (Wildman–Crippen LogP) is 5.13. The molecule has 4 rings (SSSR count). The summed E-state index contributed by atoms with van der Waals surface area (Å²) in [7, 11) is 0. The van der Waals surface area contributed by atoms with Gasteiger partial charge in [0.15, 0.2) is 0 Å². The van der Waals surface area contributed by atoms with Gasteiger partial charge >= 0.3 is 0 Å². The van der Waals surface area contributed by atoms with E-state index in [2.05, 4.69) is 20.9 Å². The molecular formula is C21H20Cl2F4N8O3. The molecular weight excluding hydrogens is 559 g/mol. The number of anilines is 2. The zero-order chi connectivity index (χ0) is 27.6. The van der Waals surface area contributed by atoms with Gasteiger partial charge in [-0.15, -0.1) is 0 Å². The second kappa shape index (κ2) is 11.4. The van der Waals surface area contributed by atoms with Crippen molar-refractivity contribution in [2.24, 2.45) is 20.9 Å². The standard InChI is InChI=1S/C21H20Cl2F4N8O3/c22-11-7-13(26)15(9-17(11)36)34-20(32(28-30-34)5-1-3-24)19(38)21-33(6-2-4-25)29-31-35(21)16-10-18(37)12(23)8-14(16)27/h7-10,20-21,36-37H,1-6H2. The fraction of sp³-hybridized carbons (Fsp3) is 0.381. The SMILES string of the molecule is O=C(C1N(CCCF)N=NN1c1cc(O)c(Cl)cc1F)C1N(CCCF)N=NN1c1cc(O)c(Cl)cc1F. The van der Waals surface area contributed by atoms with Crippen LogP contribution in [0.5, 0.6) is 11.5 Å². The first kappa shape index (κ1) is 27.4. The van der Waals surface area contributed by atoms with Gasteiger partial charge in [0.05, 0.1) is 23.4 Å². The minimum absolute atomic E-state index is 0.0701. The summed E-state index contributed by atoms with van der Waals surface area (Å²) in [5, 5.41) is 38.7. The van der Waals surface area contributed by atoms with E-state index in [0.29, 0.717) is 0 Å². The van der Waals surface area contributed by atoms with Crippen molar-refractivity contribution >= 4 is 40.4 Å². The van der Waals surface area contributed by atoms with Crippen molar-refractivity contribution in [1.82, 2.24) is 10.0 Å². The number of ketones is 1. The zero-order valence-corrected chi connectivity index (χ0v) is 20.9. The third kappa shape index (κ3) is 5.20. The average Bonchev–Trinajstić information content (AvgIpc) is 3.49. The van der Waals surface area contributed by atoms with Crippen molar-refractivity contribution in [3.8, 4) is 11.5 Å². The second-order valence-corrected chi connectivity index (χ2v) is 8.93. The third-order valence-electron chi connectivity index (χ3n) is 5.61. The lowest BCUT2D eigenvalue weighted by Crippen LogP contribution is -2.57. The van der Waals surface area contributed by atoms with E-state index in [1.54, 1.807) is 0 Å². The number of hydrogen-bond acceptors (Lipinski definition) is 11. The molecule has 17 heteroatoms. The summed E-state index contributed by atoms with van der Waals surface area (Å²) in [6, 6.07) is 3.46. The number of halogens is 6. The van der Waals surface area contributed by atoms with Crippen molar-refractivity contribution in [1.29, 1.82) is 0 Å². The third-order valence-corrected chi connectivity index (χ3v) is 6.21. The van der Waals surface area contributed by atoms with Crippen molar-refractivity contribution in [3.63, 3.8) is 0 Å². The molecule has 2 aromatic rings. The lowest BCUT2D eigenvalue weighted by Gasteiger charge is -2.33. The molecule has 0 fully saturated rings. The van der Waals surface area contributed by atoms with Gasteiger partial charge in [0, 0.05) is 25.2 Å². The van der Waals surface area contributed by atoms with E-state index < -0.39 is 54.6 Å². The van der Waals surface area contributed by atoms with E-state index in [0.717, 1.165) is 44.3 Å². The van der Waals surface area contributed by atoms with Crippen LogP contribution in [0, 0.1) is 11.6 Å². The van der Waals surface area contributed by atoms with Gasteiger partial charge in [-0.05, 0) is 35.4 Å². The van der Waals surface area contributed by atoms with Crippen LogP contribution in [-0.2, 0) is 4.79 Å². The summed E-state index contributed by atoms with van der Waals surface area (Å²) in [5.41, 5.74) is -0.776. The van der Waals surface area contributed by atoms with Gasteiger partial charge in [-0.2, -0.15) is 0 Å². The van der Waals surface area contributed by atoms with Gasteiger partial charge < -0.3 is 10.2 Å². The number of alkyl halides is 2. The van der Waals surface area contributed by atoms with Crippen molar-refractivity contribution in [2.75, 3.05) is 36.5 Å². The molecule has 204 valence electrons. The second-order valence-electron chi connectivity index (χ2n) is 8.12. The minimum Gasteiger partial charge on any atom is -0.506 e. The lowest BCUT2D eigenvalue weighted by atomic mass is 10.1. The van der Waals surface area contributed by atoms with Crippen LogP contribution in [0.25, 0.3) is 0 Å². The number of carbonyl (C=O) groups is 1. The number of Topliss-reactive ketones (excluding diaryl/α,β-unsaturated/α-hetero) is 1. The number of aromatic hydroxyl groups is 2. The maximum Gasteiger partial charge on any atom is 0.225 e. The van der Waals surface area contributed by atoms with Crippen molar-refractivity contribution in [3.05, 3.63) is 45.9 Å². The Labute approximate surface area is 223 Å². The largest absolute Gasteiger partial charge is 0.506 e. The van der Waals surface area contributed by atoms with Crippen molar-refractivity contribution in [2.45, 2.75) is 25.2 Å². The summed E-state index contributed by atoms with van der Waals surface area (Å²) in [6.45, 7) is -1.78. The summed E-state index contributed by atoms with van der Waals surface area (Å²) in [5.74, 6) is -3.79. The van der Waals surface area contributed by atoms with Crippen LogP contribution in [0.2, 0.25) is 10.0 Å². The van der Waals surface area contributed by atoms with Crippen LogP contribution >= 0.6 is 23.2 Å². The smallest absolute Gasteiger partial charge is 0.225 e. The van der Waals surface area contributed by atoms with Crippen LogP contribution < -0.4 is 10.0 Å². The molecule has 11 nitrogen and oxygen atoms in total. The molecule has 0 saturated carbocycles. The fourth-order valence-electron chi connectivity index (χ4n) is 3.85. The monoisotopic (exact) mass is 578 g/mol. The van der Waals surface area contributed by atoms with Gasteiger partial charge in [0.1, 0.15) is 34.5 Å². The first-order valence-corrected chi connectivity index (χ1v) is 11.9. The Morgan fingerprint density at radius 3 is 1.53 bits per heavy atom. The van der Waals surface area contributed by atoms with Crippen molar-refractivity contribution < 1.29 is 32.6 Å². The molecule has 0 aromatic heterocycles. The van der Waals surface area contributed by atoms with Gasteiger partial charge in [0.25, 0.3) is 0 Å². The highest BCUT2D eigenvalue weighted by molar-refractivity contribution is 6.32. The molecule has 0 radical (unpaired) electrons. The van der Waals surface area contributed by atoms with Gasteiger partial charge in [-0.1, -0.05) is 33.6 Å². The molecule has 2 aliphatic heterocycles. The highest BCUT2D eigenvalue weighted by Crippen LogP contribution is 2.39. The topological polar surface area (TPSA) is 120 Å². The van der Waals surface area contributed by atoms with E-state index in [9.17, 15) is 32.6 Å². The van der Waals surface area contributed by atoms with E-state index in [-0.39, 0.29) is 47.4 Å². The summed E-state index contributed by atoms with van der Waals surface area (Å²) in [6.07, 6.45) is -3.24. The number of benzene rings is 2. The van der Waals surface area contributed by atoms with Crippen LogP contribution in [0.3, 0.4) is 0 Å². The minimum atomic E-state index is -1.55. The first-order valence-electron chi connectivity index (χ1n) is 11.1. The molecule has 0 bridgehead atoms. The van der Waals surface area contributed by atoms with Crippen LogP contribution in [0.15, 0.2) is 45.2 Å². The molecule has 2 atom stereocenters. The van der Waals surface area contributed by atoms with Crippen LogP contribution in [0.1, 0.15) is 12.8 Å². The number of rotatable bonds is 10. The van der Waals surface area contributed by atoms with E-state index in [1.165, 1.54) is 0 Å². The maximum absolute atomic E-state index is 14.9. The molecule has 2 unspecified atom stereocenters. The fourth-order valence-corrected chi connectivity index (χ4v) is 4.15. The number of nitrogens with zero attached hydrogens (tertiary/aromatic N) is 8. The molecule has 2 heterocycles. The molecule has 2 N–H and O–H groups in total. The Bertz CT molecular complexity index is 1180. The normalized spacial score (nSPS) is 18.8. The number of phenols is 2. The highest BCUT2D eigenvalue weighted by Gasteiger charge is 2.48. The number of carbonyl (C=O) groups excluding carboxylic acids is 1. The first-order chi connectivity index (χ1) is 18.2. The van der Waals surface area contributed by atoms with Gasteiger partial charge in [-0.25, -0.2) is 28.8 Å². The van der Waals surface area contributed by atoms with E-state index in [1.807, 2.05) is 0 Å². The molecule has 0 amide bonds. The Balaban J connectivity index is 1.77. The molecule has 0 aliphatic carbocycles. The molecule has 0 spiro atoms. The molecule has 0 saturated heterocycles. The Morgan fingerprint density at radius 1 is 0.763 bits per heavy atom. The average molecular weight is 579 g/mol. The molecule has 2 aliphatic rings. The Hall–Kier alpha value is -3.59. The molecule has 2 aromatic carbocycles. The van der Waals surface area contributed by atoms with E-state index >= 15 is 0 Å². The summed E-state index contributed by atoms with van der Waals surface area (Å²) in [4.78, 5) is 14.1. The Kier molecular flexibility index (Phi) is 8.26. The molecule has 38 heavy (non-hydrogen) atoms. The van der Waals surface area contributed by atoms with Gasteiger partial charge in [-0.3, -0.25) is 13.6 Å². The van der Waals surface area contributed by atoms with Crippen LogP contribution in [-0.4, -0.2) is 64.8 Å². The Morgan fingerprint density at radius 2 is 1.16 bits per heavy atom. The van der Waals surface area contributed by atoms with E-state index in [4.69, 9.17) is 23.2 Å². The quantitative estimate of drug-likeness (QED) is 0.375. The number of phenolic OH excluding ortho intramolecular Hbond substituents is 2. The predicted molar refractivity (Wildman–Crippen MR) is 128 cm³/mol. The summed E-state index contributed by atoms with van der Waals surface area (Å²) < 4.78 is 55.7. The van der Waals surface area contributed by atoms with Crippen LogP contribution in [0.4, 0.5) is 28.9 Å².